The summed E-state index contributed by atoms with van der Waals surface area (Å²) in [7, 11) is -3.75. The maximum atomic E-state index is 13.8. The molecule has 0 unspecified atom stereocenters. The van der Waals surface area contributed by atoms with Crippen LogP contribution in [0.15, 0.2) is 30.3 Å². The number of piperidine rings is 2. The third kappa shape index (κ3) is 6.01. The second-order valence-electron chi connectivity index (χ2n) is 11.4. The highest BCUT2D eigenvalue weighted by atomic mass is 32.2. The topological polar surface area (TPSA) is 120 Å². The van der Waals surface area contributed by atoms with Gasteiger partial charge in [-0.1, -0.05) is 0 Å². The third-order valence-corrected chi connectivity index (χ3v) is 9.81. The van der Waals surface area contributed by atoms with E-state index in [0.29, 0.717) is 45.2 Å². The Bertz CT molecular complexity index is 1430. The lowest BCUT2D eigenvalue weighted by molar-refractivity contribution is -0.0221. The van der Waals surface area contributed by atoms with Crippen molar-refractivity contribution in [2.45, 2.75) is 44.4 Å². The molecule has 1 aliphatic carbocycles. The van der Waals surface area contributed by atoms with Gasteiger partial charge in [-0.05, 0) is 55.4 Å². The number of carbonyl (C=O) groups is 1. The van der Waals surface area contributed by atoms with Gasteiger partial charge in [0.15, 0.2) is 11.5 Å². The van der Waals surface area contributed by atoms with E-state index in [9.17, 15) is 22.0 Å². The van der Waals surface area contributed by atoms with E-state index in [1.54, 1.807) is 24.3 Å². The van der Waals surface area contributed by atoms with Crippen LogP contribution in [0, 0.1) is 5.41 Å². The number of alkyl halides is 2. The van der Waals surface area contributed by atoms with Crippen LogP contribution in [0.1, 0.15) is 48.9 Å². The Labute approximate surface area is 237 Å². The van der Waals surface area contributed by atoms with Gasteiger partial charge in [0, 0.05) is 50.8 Å². The summed E-state index contributed by atoms with van der Waals surface area (Å²) in [4.78, 5) is 17.6. The molecule has 0 radical (unpaired) electrons. The standard InChI is InChI=1S/C28H34F2N4O6S/c29-28(30)7-11-34(12-8-28)23-16-20(17-24-25(23)40-18-39-24)31-26(36)21-2-1-19(32-41(37,38)14-13-35)15-22(21)33-9-5-27(3-4-27)6-10-33/h1-2,15-17,32,35H,3-14,18H2,(H,31,36). The third-order valence-electron chi connectivity index (χ3n) is 8.54. The minimum absolute atomic E-state index is 0.00200. The van der Waals surface area contributed by atoms with Crippen LogP contribution >= 0.6 is 0 Å². The summed E-state index contributed by atoms with van der Waals surface area (Å²) in [6.07, 6.45) is 3.92. The Morgan fingerprint density at radius 3 is 2.24 bits per heavy atom. The first kappa shape index (κ1) is 27.8. The molecule has 2 aromatic carbocycles. The number of aliphatic hydroxyl groups is 1. The highest BCUT2D eigenvalue weighted by Gasteiger charge is 2.44. The van der Waals surface area contributed by atoms with Gasteiger partial charge in [-0.3, -0.25) is 9.52 Å². The summed E-state index contributed by atoms with van der Waals surface area (Å²) in [6.45, 7) is 1.29. The Kier molecular flexibility index (Phi) is 7.13. The summed E-state index contributed by atoms with van der Waals surface area (Å²) < 4.78 is 65.9. The molecule has 3 aliphatic heterocycles. The van der Waals surface area contributed by atoms with Crippen molar-refractivity contribution < 1.29 is 36.6 Å². The summed E-state index contributed by atoms with van der Waals surface area (Å²) in [5, 5.41) is 12.0. The molecule has 13 heteroatoms. The molecule has 3 heterocycles. The van der Waals surface area contributed by atoms with Gasteiger partial charge in [0.2, 0.25) is 16.8 Å². The minimum Gasteiger partial charge on any atom is -0.453 e. The van der Waals surface area contributed by atoms with Gasteiger partial charge in [-0.15, -0.1) is 0 Å². The van der Waals surface area contributed by atoms with Crippen LogP contribution in [0.25, 0.3) is 0 Å². The van der Waals surface area contributed by atoms with Crippen LogP contribution < -0.4 is 29.3 Å². The number of nitrogens with zero attached hydrogens (tertiary/aromatic N) is 2. The fourth-order valence-corrected chi connectivity index (χ4v) is 6.70. The first-order valence-electron chi connectivity index (χ1n) is 13.9. The molecule has 0 aromatic heterocycles. The SMILES string of the molecule is O=C(Nc1cc2c(c(N3CCC(F)(F)CC3)c1)OCO2)c1ccc(NS(=O)(=O)CCO)cc1N1CCC2(CC1)CC2. The normalized spacial score (nSPS) is 20.7. The fraction of sp³-hybridized carbons (Fsp3) is 0.536. The van der Waals surface area contributed by atoms with Gasteiger partial charge in [0.25, 0.3) is 11.8 Å². The smallest absolute Gasteiger partial charge is 0.257 e. The molecule has 1 spiro atoms. The van der Waals surface area contributed by atoms with Crippen molar-refractivity contribution in [1.29, 1.82) is 0 Å². The number of amides is 1. The van der Waals surface area contributed by atoms with E-state index in [0.717, 1.165) is 25.9 Å². The second-order valence-corrected chi connectivity index (χ2v) is 13.2. The zero-order valence-corrected chi connectivity index (χ0v) is 23.4. The highest BCUT2D eigenvalue weighted by molar-refractivity contribution is 7.92. The van der Waals surface area contributed by atoms with E-state index in [1.807, 2.05) is 4.90 Å². The Morgan fingerprint density at radius 2 is 1.56 bits per heavy atom. The maximum absolute atomic E-state index is 13.8. The molecule has 10 nitrogen and oxygen atoms in total. The van der Waals surface area contributed by atoms with E-state index in [1.165, 1.54) is 18.9 Å². The van der Waals surface area contributed by atoms with Crippen molar-refractivity contribution >= 4 is 38.7 Å². The molecule has 1 amide bonds. The number of hydrogen-bond acceptors (Lipinski definition) is 8. The molecule has 4 aliphatic rings. The van der Waals surface area contributed by atoms with Gasteiger partial charge < -0.3 is 29.7 Å². The molecular weight excluding hydrogens is 558 g/mol. The van der Waals surface area contributed by atoms with E-state index in [2.05, 4.69) is 14.9 Å². The second kappa shape index (κ2) is 10.5. The van der Waals surface area contributed by atoms with Crippen LogP contribution in [-0.4, -0.2) is 70.7 Å². The molecule has 222 valence electrons. The zero-order valence-electron chi connectivity index (χ0n) is 22.6. The number of benzene rings is 2. The van der Waals surface area contributed by atoms with Gasteiger partial charge in [-0.25, -0.2) is 17.2 Å². The summed E-state index contributed by atoms with van der Waals surface area (Å²) in [5.41, 5.74) is 2.72. The van der Waals surface area contributed by atoms with Crippen LogP contribution in [0.5, 0.6) is 11.5 Å². The number of sulfonamides is 1. The molecule has 41 heavy (non-hydrogen) atoms. The van der Waals surface area contributed by atoms with Crippen LogP contribution in [0.4, 0.5) is 31.5 Å². The monoisotopic (exact) mass is 592 g/mol. The lowest BCUT2D eigenvalue weighted by Gasteiger charge is -2.35. The first-order chi connectivity index (χ1) is 19.6. The number of fused-ring (bicyclic) bond motifs is 1. The summed E-state index contributed by atoms with van der Waals surface area (Å²) in [5.74, 6) is -2.64. The molecule has 1 saturated carbocycles. The fourth-order valence-electron chi connectivity index (χ4n) is 5.87. The molecule has 3 fully saturated rings. The van der Waals surface area contributed by atoms with Gasteiger partial charge in [0.1, 0.15) is 0 Å². The summed E-state index contributed by atoms with van der Waals surface area (Å²) in [6, 6.07) is 8.14. The van der Waals surface area contributed by atoms with Gasteiger partial charge in [0.05, 0.1) is 35.0 Å². The maximum Gasteiger partial charge on any atom is 0.257 e. The van der Waals surface area contributed by atoms with E-state index in [-0.39, 0.29) is 32.7 Å². The van der Waals surface area contributed by atoms with Crippen molar-refractivity contribution in [1.82, 2.24) is 0 Å². The average molecular weight is 593 g/mol. The number of rotatable bonds is 8. The number of ether oxygens (including phenoxy) is 2. The minimum atomic E-state index is -3.75. The van der Waals surface area contributed by atoms with E-state index < -0.39 is 34.2 Å². The van der Waals surface area contributed by atoms with Crippen molar-refractivity contribution in [2.24, 2.45) is 5.41 Å². The van der Waals surface area contributed by atoms with Crippen LogP contribution in [-0.2, 0) is 10.0 Å². The molecular formula is C28H34F2N4O6S. The Morgan fingerprint density at radius 1 is 0.902 bits per heavy atom. The average Bonchev–Trinajstić information content (AvgIpc) is 3.50. The number of hydrogen-bond donors (Lipinski definition) is 3. The Balaban J connectivity index is 1.28. The lowest BCUT2D eigenvalue weighted by atomic mass is 9.93. The van der Waals surface area contributed by atoms with Crippen LogP contribution in [0.3, 0.4) is 0 Å². The first-order valence-corrected chi connectivity index (χ1v) is 15.6. The summed E-state index contributed by atoms with van der Waals surface area (Å²) >= 11 is 0. The molecule has 6 rings (SSSR count). The molecule has 2 saturated heterocycles. The van der Waals surface area contributed by atoms with Crippen molar-refractivity contribution in [2.75, 3.05) is 65.2 Å². The molecule has 3 N–H and O–H groups in total. The van der Waals surface area contributed by atoms with E-state index in [4.69, 9.17) is 14.6 Å². The highest BCUT2D eigenvalue weighted by Crippen LogP contribution is 2.54. The molecule has 0 atom stereocenters. The van der Waals surface area contributed by atoms with Crippen LogP contribution in [0.2, 0.25) is 0 Å². The predicted molar refractivity (Wildman–Crippen MR) is 151 cm³/mol. The van der Waals surface area contributed by atoms with Crippen molar-refractivity contribution in [3.05, 3.63) is 35.9 Å². The van der Waals surface area contributed by atoms with Gasteiger partial charge in [-0.2, -0.15) is 0 Å². The zero-order chi connectivity index (χ0) is 28.8. The molecule has 2 aromatic rings. The van der Waals surface area contributed by atoms with Crippen molar-refractivity contribution in [3.63, 3.8) is 0 Å². The number of nitrogens with one attached hydrogen (secondary N) is 2. The number of aliphatic hydroxyl groups excluding tert-OH is 1. The largest absolute Gasteiger partial charge is 0.453 e. The predicted octanol–water partition coefficient (Wildman–Crippen LogP) is 4.02. The molecule has 0 bridgehead atoms. The number of carbonyl (C=O) groups excluding carboxylic acids is 1. The van der Waals surface area contributed by atoms with E-state index >= 15 is 0 Å². The van der Waals surface area contributed by atoms with Gasteiger partial charge >= 0.3 is 0 Å². The lowest BCUT2D eigenvalue weighted by Crippen LogP contribution is -2.39. The number of halogens is 2. The quantitative estimate of drug-likeness (QED) is 0.421. The number of anilines is 4. The Hall–Kier alpha value is -3.32. The van der Waals surface area contributed by atoms with Crippen molar-refractivity contribution in [3.8, 4) is 11.5 Å².